The van der Waals surface area contributed by atoms with E-state index in [0.29, 0.717) is 5.92 Å². The van der Waals surface area contributed by atoms with Gasteiger partial charge in [-0.1, -0.05) is 136 Å². The highest BCUT2D eigenvalue weighted by Gasteiger charge is 2.52. The molecule has 0 saturated heterocycles. The van der Waals surface area contributed by atoms with Crippen molar-refractivity contribution in [1.29, 1.82) is 0 Å². The molecule has 0 radical (unpaired) electrons. The Bertz CT molecular complexity index is 2980. The minimum Gasteiger partial charge on any atom is -0.310 e. The summed E-state index contributed by atoms with van der Waals surface area (Å²) in [5.41, 5.74) is 17.6. The third-order valence-corrected chi connectivity index (χ3v) is 13.5. The van der Waals surface area contributed by atoms with E-state index in [2.05, 4.69) is 189 Å². The molecule has 0 N–H and O–H groups in total. The largest absolute Gasteiger partial charge is 0.310 e. The maximum atomic E-state index is 2.55. The molecule has 0 saturated carbocycles. The molecule has 5 aromatic carbocycles. The number of allylic oxidation sites excluding steroid dienone is 12. The van der Waals surface area contributed by atoms with E-state index in [1.165, 1.54) is 77.3 Å². The predicted molar refractivity (Wildman–Crippen MR) is 234 cm³/mol. The lowest BCUT2D eigenvalue weighted by Crippen LogP contribution is -2.26. The lowest BCUT2D eigenvalue weighted by molar-refractivity contribution is 0.414. The van der Waals surface area contributed by atoms with Crippen LogP contribution in [-0.4, -0.2) is 9.13 Å². The van der Waals surface area contributed by atoms with Crippen LogP contribution in [0, 0.1) is 16.7 Å². The number of hydrogen-bond acceptors (Lipinski definition) is 0. The summed E-state index contributed by atoms with van der Waals surface area (Å²) in [5, 5.41) is 5.16. The van der Waals surface area contributed by atoms with Crippen LogP contribution in [0.15, 0.2) is 168 Å². The number of aromatic nitrogens is 2. The third kappa shape index (κ3) is 4.61. The van der Waals surface area contributed by atoms with Gasteiger partial charge in [-0.25, -0.2) is 0 Å². The van der Waals surface area contributed by atoms with E-state index in [1.54, 1.807) is 16.7 Å². The molecule has 0 fully saturated rings. The van der Waals surface area contributed by atoms with E-state index < -0.39 is 0 Å². The van der Waals surface area contributed by atoms with Gasteiger partial charge in [0.1, 0.15) is 0 Å². The average Bonchev–Trinajstić information content (AvgIpc) is 3.79. The van der Waals surface area contributed by atoms with Crippen molar-refractivity contribution in [2.45, 2.75) is 53.4 Å². The fourth-order valence-electron chi connectivity index (χ4n) is 11.1. The Labute approximate surface area is 323 Å². The summed E-state index contributed by atoms with van der Waals surface area (Å²) in [6.07, 6.45) is 21.0. The number of benzene rings is 5. The van der Waals surface area contributed by atoms with Crippen molar-refractivity contribution in [2.75, 3.05) is 0 Å². The molecular formula is C53H46N2. The highest BCUT2D eigenvalue weighted by Crippen LogP contribution is 2.64. The summed E-state index contributed by atoms with van der Waals surface area (Å²) in [4.78, 5) is 0. The number of rotatable bonds is 4. The normalized spacial score (nSPS) is 21.7. The molecular weight excluding hydrogens is 665 g/mol. The third-order valence-electron chi connectivity index (χ3n) is 13.5. The average molecular weight is 711 g/mol. The standard InChI is InChI=1S/C53H46N2/c1-34-15-14-21-44-51(34)52(2,3)50-33-38(29-30-53(44,50)4)54-46-23-12-9-19-40(46)42-31-36(25-27-48(42)54)37-26-28-49-43(32-37)41-20-10-13-24-47(41)55(49)45-22-11-8-18-39(45)35-16-6-5-7-17-35/h5-6,8-14,16,18-29,31-34H,7,15,17,30H2,1-4H3. The van der Waals surface area contributed by atoms with Gasteiger partial charge in [0.2, 0.25) is 0 Å². The second-order valence-electron chi connectivity index (χ2n) is 17.1. The highest BCUT2D eigenvalue weighted by atomic mass is 15.0. The zero-order chi connectivity index (χ0) is 37.1. The van der Waals surface area contributed by atoms with Crippen LogP contribution in [0.3, 0.4) is 0 Å². The summed E-state index contributed by atoms with van der Waals surface area (Å²) in [6, 6.07) is 41.0. The Hall–Kier alpha value is -5.86. The zero-order valence-corrected chi connectivity index (χ0v) is 32.2. The first-order chi connectivity index (χ1) is 26.8. The summed E-state index contributed by atoms with van der Waals surface area (Å²) >= 11 is 0. The molecule has 0 spiro atoms. The molecule has 4 aliphatic rings. The lowest BCUT2D eigenvalue weighted by Gasteiger charge is -2.36. The molecule has 2 nitrogen and oxygen atoms in total. The first kappa shape index (κ1) is 32.6. The van der Waals surface area contributed by atoms with Crippen molar-refractivity contribution in [1.82, 2.24) is 9.13 Å². The van der Waals surface area contributed by atoms with Crippen molar-refractivity contribution in [2.24, 2.45) is 16.7 Å². The quantitative estimate of drug-likeness (QED) is 0.172. The van der Waals surface area contributed by atoms with Crippen molar-refractivity contribution in [3.63, 3.8) is 0 Å². The topological polar surface area (TPSA) is 9.86 Å². The van der Waals surface area contributed by atoms with Crippen LogP contribution in [0.5, 0.6) is 0 Å². The minimum atomic E-state index is 0.0358. The number of nitrogens with zero attached hydrogens (tertiary/aromatic N) is 2. The minimum absolute atomic E-state index is 0.0358. The molecule has 0 aliphatic heterocycles. The summed E-state index contributed by atoms with van der Waals surface area (Å²) in [7, 11) is 0. The monoisotopic (exact) mass is 710 g/mol. The summed E-state index contributed by atoms with van der Waals surface area (Å²) in [6.45, 7) is 9.84. The van der Waals surface area contributed by atoms with E-state index in [1.807, 2.05) is 0 Å². The first-order valence-electron chi connectivity index (χ1n) is 20.2. The van der Waals surface area contributed by atoms with Gasteiger partial charge in [-0.3, -0.25) is 0 Å². The molecule has 0 amide bonds. The van der Waals surface area contributed by atoms with Crippen LogP contribution >= 0.6 is 0 Å². The highest BCUT2D eigenvalue weighted by molar-refractivity contribution is 6.13. The number of fused-ring (bicyclic) bond motifs is 8. The molecule has 11 rings (SSSR count). The van der Waals surface area contributed by atoms with Crippen LogP contribution in [0.2, 0.25) is 0 Å². The SMILES string of the molecule is CC1CC=CC2=C1C(C)(C)C1=CC(n3c4ccccc4c4cc(-c5ccc6c(c5)c5ccccc5n6-c5ccccc5C5=CC=CCC5)ccc43)=CCC12C. The predicted octanol–water partition coefficient (Wildman–Crippen LogP) is 14.4. The van der Waals surface area contributed by atoms with Gasteiger partial charge in [-0.05, 0) is 108 Å². The summed E-state index contributed by atoms with van der Waals surface area (Å²) < 4.78 is 5.01. The number of para-hydroxylation sites is 3. The zero-order valence-electron chi connectivity index (χ0n) is 32.2. The van der Waals surface area contributed by atoms with Gasteiger partial charge in [-0.2, -0.15) is 0 Å². The van der Waals surface area contributed by atoms with Gasteiger partial charge >= 0.3 is 0 Å². The molecule has 2 heterocycles. The molecule has 2 heteroatoms. The van der Waals surface area contributed by atoms with E-state index in [9.17, 15) is 0 Å². The Kier molecular flexibility index (Phi) is 7.00. The Balaban J connectivity index is 1.05. The fraction of sp³-hybridized carbons (Fsp3) is 0.208. The van der Waals surface area contributed by atoms with Gasteiger partial charge in [0, 0.05) is 43.6 Å². The molecule has 2 atom stereocenters. The maximum absolute atomic E-state index is 2.55. The van der Waals surface area contributed by atoms with Crippen LogP contribution in [0.4, 0.5) is 0 Å². The number of hydrogen-bond donors (Lipinski definition) is 0. The van der Waals surface area contributed by atoms with Crippen molar-refractivity contribution >= 4 is 54.9 Å². The summed E-state index contributed by atoms with van der Waals surface area (Å²) in [5.74, 6) is 0.580. The molecule has 2 unspecified atom stereocenters. The Morgan fingerprint density at radius 2 is 1.29 bits per heavy atom. The second kappa shape index (κ2) is 11.8. The molecule has 4 aliphatic carbocycles. The first-order valence-corrected chi connectivity index (χ1v) is 20.2. The maximum Gasteiger partial charge on any atom is 0.0541 e. The Morgan fingerprint density at radius 3 is 2.00 bits per heavy atom. The molecule has 2 aromatic heterocycles. The lowest BCUT2D eigenvalue weighted by atomic mass is 9.68. The van der Waals surface area contributed by atoms with Gasteiger partial charge in [-0.15, -0.1) is 0 Å². The molecule has 0 bridgehead atoms. The van der Waals surface area contributed by atoms with Gasteiger partial charge < -0.3 is 9.13 Å². The molecule has 268 valence electrons. The van der Waals surface area contributed by atoms with E-state index >= 15 is 0 Å². The second-order valence-corrected chi connectivity index (χ2v) is 17.1. The van der Waals surface area contributed by atoms with Gasteiger partial charge in [0.05, 0.1) is 27.8 Å². The Morgan fingerprint density at radius 1 is 0.655 bits per heavy atom. The molecule has 7 aromatic rings. The van der Waals surface area contributed by atoms with E-state index in [0.717, 1.165) is 25.7 Å². The van der Waals surface area contributed by atoms with E-state index in [-0.39, 0.29) is 10.8 Å². The van der Waals surface area contributed by atoms with Crippen LogP contribution in [0.25, 0.3) is 71.7 Å². The van der Waals surface area contributed by atoms with Crippen molar-refractivity contribution in [3.05, 3.63) is 174 Å². The van der Waals surface area contributed by atoms with E-state index in [4.69, 9.17) is 0 Å². The van der Waals surface area contributed by atoms with Crippen LogP contribution < -0.4 is 0 Å². The van der Waals surface area contributed by atoms with Gasteiger partial charge in [0.15, 0.2) is 0 Å². The van der Waals surface area contributed by atoms with Crippen LogP contribution in [0.1, 0.15) is 58.9 Å². The van der Waals surface area contributed by atoms with Crippen molar-refractivity contribution < 1.29 is 0 Å². The molecule has 55 heavy (non-hydrogen) atoms. The smallest absolute Gasteiger partial charge is 0.0541 e. The van der Waals surface area contributed by atoms with Crippen LogP contribution in [-0.2, 0) is 0 Å². The van der Waals surface area contributed by atoms with Gasteiger partial charge in [0.25, 0.3) is 0 Å². The fourth-order valence-corrected chi connectivity index (χ4v) is 11.1. The van der Waals surface area contributed by atoms with Crippen molar-refractivity contribution in [3.8, 4) is 16.8 Å².